The Hall–Kier alpha value is -2.31. The molecule has 27 heavy (non-hydrogen) atoms. The molecule has 0 saturated carbocycles. The van der Waals surface area contributed by atoms with E-state index in [4.69, 9.17) is 11.6 Å². The first-order valence-electron chi connectivity index (χ1n) is 8.75. The van der Waals surface area contributed by atoms with E-state index in [9.17, 15) is 4.79 Å². The predicted octanol–water partition coefficient (Wildman–Crippen LogP) is 4.66. The van der Waals surface area contributed by atoms with Crippen LogP contribution in [0.5, 0.6) is 0 Å². The number of carbonyl (C=O) groups excluding carboxylic acids is 1. The number of benzene rings is 2. The van der Waals surface area contributed by atoms with Crippen molar-refractivity contribution in [3.05, 3.63) is 64.7 Å². The molecule has 5 nitrogen and oxygen atoms in total. The molecule has 2 aromatic carbocycles. The van der Waals surface area contributed by atoms with E-state index in [1.807, 2.05) is 43.3 Å². The molecule has 3 rings (SSSR count). The Labute approximate surface area is 167 Å². The molecule has 0 bridgehead atoms. The Kier molecular flexibility index (Phi) is 6.53. The van der Waals surface area contributed by atoms with Gasteiger partial charge in [0.05, 0.1) is 11.8 Å². The Bertz CT molecular complexity index is 910. The van der Waals surface area contributed by atoms with Crippen molar-refractivity contribution < 1.29 is 4.79 Å². The topological polar surface area (TPSA) is 70.7 Å². The summed E-state index contributed by atoms with van der Waals surface area (Å²) in [5.74, 6) is 0.844. The average Bonchev–Trinajstić information content (AvgIpc) is 3.16. The maximum Gasteiger partial charge on any atom is 0.230 e. The van der Waals surface area contributed by atoms with Crippen LogP contribution in [0.15, 0.2) is 53.7 Å². The number of halogens is 1. The van der Waals surface area contributed by atoms with Crippen LogP contribution in [-0.2, 0) is 11.2 Å². The van der Waals surface area contributed by atoms with E-state index < -0.39 is 0 Å². The Balaban J connectivity index is 1.55. The van der Waals surface area contributed by atoms with E-state index >= 15 is 0 Å². The van der Waals surface area contributed by atoms with E-state index in [2.05, 4.69) is 39.6 Å². The van der Waals surface area contributed by atoms with Crippen LogP contribution < -0.4 is 5.32 Å². The number of hydrogen-bond donors (Lipinski definition) is 2. The van der Waals surface area contributed by atoms with Gasteiger partial charge >= 0.3 is 0 Å². The van der Waals surface area contributed by atoms with Crippen molar-refractivity contribution in [1.29, 1.82) is 0 Å². The first kappa shape index (κ1) is 19.5. The smallest absolute Gasteiger partial charge is 0.230 e. The van der Waals surface area contributed by atoms with Gasteiger partial charge in [-0.1, -0.05) is 72.8 Å². The number of hydrogen-bond acceptors (Lipinski definition) is 4. The van der Waals surface area contributed by atoms with Crippen LogP contribution in [0.25, 0.3) is 11.4 Å². The highest BCUT2D eigenvalue weighted by Gasteiger charge is 2.14. The van der Waals surface area contributed by atoms with Crippen LogP contribution in [0, 0.1) is 0 Å². The molecule has 1 aromatic heterocycles. The summed E-state index contributed by atoms with van der Waals surface area (Å²) < 4.78 is 0. The van der Waals surface area contributed by atoms with E-state index in [0.29, 0.717) is 16.0 Å². The average molecular weight is 401 g/mol. The minimum Gasteiger partial charge on any atom is -0.349 e. The third-order valence-corrected chi connectivity index (χ3v) is 5.37. The number of nitrogens with one attached hydrogen (secondary N) is 2. The van der Waals surface area contributed by atoms with Gasteiger partial charge in [0, 0.05) is 10.6 Å². The minimum atomic E-state index is -0.161. The Morgan fingerprint density at radius 1 is 1.22 bits per heavy atom. The van der Waals surface area contributed by atoms with Crippen LogP contribution in [-0.4, -0.2) is 26.8 Å². The van der Waals surface area contributed by atoms with Gasteiger partial charge < -0.3 is 5.32 Å². The van der Waals surface area contributed by atoms with Crippen molar-refractivity contribution >= 4 is 29.3 Å². The second-order valence-corrected chi connectivity index (χ2v) is 7.47. The van der Waals surface area contributed by atoms with Crippen LogP contribution in [0.4, 0.5) is 0 Å². The summed E-state index contributed by atoms with van der Waals surface area (Å²) >= 11 is 7.47. The quantitative estimate of drug-likeness (QED) is 0.566. The highest BCUT2D eigenvalue weighted by atomic mass is 35.5. The third kappa shape index (κ3) is 5.11. The maximum atomic E-state index is 12.2. The molecular formula is C20H21ClN4OS. The summed E-state index contributed by atoms with van der Waals surface area (Å²) in [6.45, 7) is 4.03. The standard InChI is InChI=1S/C20H21ClN4OS/c1-3-14-8-10-15(11-9-14)19-23-20(25-24-19)27-12-18(26)22-13(2)16-6-4-5-7-17(16)21/h4-11,13H,3,12H2,1-2H3,(H,22,26)(H,23,24,25). The SMILES string of the molecule is CCc1ccc(-c2nc(SCC(=O)NC(C)c3ccccc3Cl)n[nH]2)cc1. The molecule has 0 fully saturated rings. The van der Waals surface area contributed by atoms with Gasteiger partial charge in [0.25, 0.3) is 0 Å². The Morgan fingerprint density at radius 2 is 1.96 bits per heavy atom. The molecule has 1 heterocycles. The van der Waals surface area contributed by atoms with Gasteiger partial charge in [-0.05, 0) is 30.5 Å². The fourth-order valence-electron chi connectivity index (χ4n) is 2.66. The zero-order valence-electron chi connectivity index (χ0n) is 15.2. The van der Waals surface area contributed by atoms with Gasteiger partial charge in [-0.3, -0.25) is 9.89 Å². The molecule has 0 aliphatic carbocycles. The molecule has 140 valence electrons. The van der Waals surface area contributed by atoms with Crippen molar-refractivity contribution in [2.24, 2.45) is 0 Å². The molecule has 2 N–H and O–H groups in total. The van der Waals surface area contributed by atoms with Crippen LogP contribution in [0.3, 0.4) is 0 Å². The van der Waals surface area contributed by atoms with Crippen LogP contribution >= 0.6 is 23.4 Å². The summed E-state index contributed by atoms with van der Waals surface area (Å²) in [5, 5.41) is 11.2. The van der Waals surface area contributed by atoms with Gasteiger partial charge in [0.15, 0.2) is 5.82 Å². The van der Waals surface area contributed by atoms with E-state index in [1.165, 1.54) is 17.3 Å². The first-order valence-corrected chi connectivity index (χ1v) is 10.1. The molecule has 0 aliphatic heterocycles. The zero-order chi connectivity index (χ0) is 19.2. The molecule has 1 unspecified atom stereocenters. The maximum absolute atomic E-state index is 12.2. The Morgan fingerprint density at radius 3 is 2.67 bits per heavy atom. The van der Waals surface area contributed by atoms with Gasteiger partial charge in [-0.15, -0.1) is 5.10 Å². The zero-order valence-corrected chi connectivity index (χ0v) is 16.8. The molecule has 1 atom stereocenters. The van der Waals surface area contributed by atoms with Gasteiger partial charge in [0.2, 0.25) is 11.1 Å². The number of amides is 1. The fourth-order valence-corrected chi connectivity index (χ4v) is 3.56. The van der Waals surface area contributed by atoms with E-state index in [0.717, 1.165) is 17.5 Å². The highest BCUT2D eigenvalue weighted by Crippen LogP contribution is 2.23. The van der Waals surface area contributed by atoms with Crippen molar-refractivity contribution in [3.63, 3.8) is 0 Å². The number of aromatic amines is 1. The molecular weight excluding hydrogens is 380 g/mol. The summed E-state index contributed by atoms with van der Waals surface area (Å²) in [4.78, 5) is 16.7. The second-order valence-electron chi connectivity index (χ2n) is 6.12. The number of aryl methyl sites for hydroxylation is 1. The predicted molar refractivity (Wildman–Crippen MR) is 110 cm³/mol. The van der Waals surface area contributed by atoms with Gasteiger partial charge in [-0.2, -0.15) is 0 Å². The lowest BCUT2D eigenvalue weighted by atomic mass is 10.1. The number of nitrogens with zero attached hydrogens (tertiary/aromatic N) is 2. The third-order valence-electron chi connectivity index (χ3n) is 4.18. The van der Waals surface area contributed by atoms with Crippen molar-refractivity contribution in [2.75, 3.05) is 5.75 Å². The largest absolute Gasteiger partial charge is 0.349 e. The molecule has 0 aliphatic rings. The van der Waals surface area contributed by atoms with E-state index in [1.54, 1.807) is 0 Å². The molecule has 0 radical (unpaired) electrons. The van der Waals surface area contributed by atoms with Crippen molar-refractivity contribution in [3.8, 4) is 11.4 Å². The molecule has 3 aromatic rings. The molecule has 1 amide bonds. The van der Waals surface area contributed by atoms with Gasteiger partial charge in [-0.25, -0.2) is 4.98 Å². The second kappa shape index (κ2) is 9.06. The lowest BCUT2D eigenvalue weighted by Crippen LogP contribution is -2.28. The first-order chi connectivity index (χ1) is 13.1. The van der Waals surface area contributed by atoms with Crippen LogP contribution in [0.1, 0.15) is 31.0 Å². The number of rotatable bonds is 7. The number of thioether (sulfide) groups is 1. The van der Waals surface area contributed by atoms with Gasteiger partial charge in [0.1, 0.15) is 0 Å². The monoisotopic (exact) mass is 400 g/mol. The molecule has 0 spiro atoms. The highest BCUT2D eigenvalue weighted by molar-refractivity contribution is 7.99. The lowest BCUT2D eigenvalue weighted by molar-refractivity contribution is -0.119. The minimum absolute atomic E-state index is 0.0916. The summed E-state index contributed by atoms with van der Waals surface area (Å²) in [6, 6.07) is 15.5. The summed E-state index contributed by atoms with van der Waals surface area (Å²) in [6.07, 6.45) is 1.000. The number of aromatic nitrogens is 3. The van der Waals surface area contributed by atoms with E-state index in [-0.39, 0.29) is 17.7 Å². The number of H-pyrrole nitrogens is 1. The molecule has 7 heteroatoms. The number of carbonyl (C=O) groups is 1. The molecule has 0 saturated heterocycles. The normalized spacial score (nSPS) is 12.0. The fraction of sp³-hybridized carbons (Fsp3) is 0.250. The summed E-state index contributed by atoms with van der Waals surface area (Å²) in [7, 11) is 0. The van der Waals surface area contributed by atoms with Crippen LogP contribution in [0.2, 0.25) is 5.02 Å². The van der Waals surface area contributed by atoms with Crippen molar-refractivity contribution in [1.82, 2.24) is 20.5 Å². The summed E-state index contributed by atoms with van der Waals surface area (Å²) in [5.41, 5.74) is 3.15. The van der Waals surface area contributed by atoms with Crippen molar-refractivity contribution in [2.45, 2.75) is 31.5 Å². The lowest BCUT2D eigenvalue weighted by Gasteiger charge is -2.15.